The molecule has 5 aromatic rings. The smallest absolute Gasteiger partial charge is 0.272 e. The molecule has 1 amide bonds. The molecule has 5 heterocycles. The average Bonchev–Trinajstić information content (AvgIpc) is 3.65. The molecule has 2 spiro atoms. The zero-order valence-electron chi connectivity index (χ0n) is 33.8. The second kappa shape index (κ2) is 14.9. The summed E-state index contributed by atoms with van der Waals surface area (Å²) in [6, 6.07) is 20.4. The monoisotopic (exact) mass is 825 g/mol. The molecular weight excluding hydrogens is 778 g/mol. The quantitative estimate of drug-likeness (QED) is 0.172. The number of fused-ring (bicyclic) bond motifs is 4. The van der Waals surface area contributed by atoms with Gasteiger partial charge in [-0.3, -0.25) is 14.4 Å². The molecular formula is C46H48ClN9O2S. The maximum absolute atomic E-state index is 13.1. The minimum atomic E-state index is -0.271. The number of nitriles is 1. The predicted octanol–water partition coefficient (Wildman–Crippen LogP) is 9.08. The first-order valence-electron chi connectivity index (χ1n) is 21.1. The maximum Gasteiger partial charge on any atom is 0.272 e. The third-order valence-corrected chi connectivity index (χ3v) is 15.3. The fourth-order valence-corrected chi connectivity index (χ4v) is 11.4. The van der Waals surface area contributed by atoms with Crippen LogP contribution < -0.4 is 15.0 Å². The van der Waals surface area contributed by atoms with E-state index in [0.717, 1.165) is 81.2 Å². The number of nitrogens with zero attached hydrogens (tertiary/aromatic N) is 8. The van der Waals surface area contributed by atoms with E-state index in [0.29, 0.717) is 33.4 Å². The number of hydrogen-bond acceptors (Lipinski definition) is 10. The lowest BCUT2D eigenvalue weighted by atomic mass is 9.68. The number of benzene rings is 2. The summed E-state index contributed by atoms with van der Waals surface area (Å²) in [5.74, 6) is 3.79. The predicted molar refractivity (Wildman–Crippen MR) is 229 cm³/mol. The van der Waals surface area contributed by atoms with Crippen molar-refractivity contribution in [2.24, 2.45) is 10.4 Å². The highest BCUT2D eigenvalue weighted by Gasteiger charge is 2.51. The zero-order chi connectivity index (χ0) is 40.5. The number of rotatable bonds is 7. The number of aryl methyl sites for hydroxylation is 2. The fourth-order valence-electron chi connectivity index (χ4n) is 10.0. The van der Waals surface area contributed by atoms with E-state index in [2.05, 4.69) is 86.3 Å². The third-order valence-electron chi connectivity index (χ3n) is 13.8. The molecule has 2 aromatic carbocycles. The van der Waals surface area contributed by atoms with E-state index >= 15 is 0 Å². The van der Waals surface area contributed by atoms with Crippen LogP contribution in [0.3, 0.4) is 0 Å². The lowest BCUT2D eigenvalue weighted by Gasteiger charge is -2.37. The number of carbonyl (C=O) groups excluding carboxylic acids is 1. The van der Waals surface area contributed by atoms with Gasteiger partial charge in [0.15, 0.2) is 17.3 Å². The Bertz CT molecular complexity index is 2500. The van der Waals surface area contributed by atoms with Crippen molar-refractivity contribution in [1.29, 1.82) is 5.26 Å². The molecule has 0 unspecified atom stereocenters. The fraction of sp³-hybridized carbons (Fsp3) is 0.457. The highest BCUT2D eigenvalue weighted by Crippen LogP contribution is 2.53. The largest absolute Gasteiger partial charge is 0.490 e. The first-order chi connectivity index (χ1) is 28.6. The van der Waals surface area contributed by atoms with Crippen LogP contribution in [0, 0.1) is 37.5 Å². The van der Waals surface area contributed by atoms with Crippen LogP contribution in [0.25, 0.3) is 5.00 Å². The Morgan fingerprint density at radius 1 is 0.915 bits per heavy atom. The minimum Gasteiger partial charge on any atom is -0.490 e. The van der Waals surface area contributed by atoms with Gasteiger partial charge in [-0.15, -0.1) is 31.7 Å². The van der Waals surface area contributed by atoms with Crippen LogP contribution in [-0.4, -0.2) is 61.8 Å². The van der Waals surface area contributed by atoms with E-state index in [-0.39, 0.29) is 23.6 Å². The van der Waals surface area contributed by atoms with Gasteiger partial charge >= 0.3 is 0 Å². The summed E-state index contributed by atoms with van der Waals surface area (Å²) in [5.41, 5.74) is 7.03. The van der Waals surface area contributed by atoms with Gasteiger partial charge in [-0.2, -0.15) is 5.26 Å². The first kappa shape index (κ1) is 38.1. The van der Waals surface area contributed by atoms with Crippen molar-refractivity contribution in [1.82, 2.24) is 30.3 Å². The van der Waals surface area contributed by atoms with Crippen LogP contribution >= 0.6 is 22.9 Å². The van der Waals surface area contributed by atoms with Crippen molar-refractivity contribution in [3.63, 3.8) is 0 Å². The van der Waals surface area contributed by atoms with Crippen LogP contribution in [0.2, 0.25) is 5.02 Å². The SMILES string of the molecule is Cc1sc2c(c1C)C(c1ccc(C3CCC4(CC3)CCN(c3ccc(C(=O)NC5CCC(Oc6ccc(C#N)c(Cl)c6)CC5)nn3)C4)cc1)=NC1(CC1)c1nnc(C)n1-2. The zero-order valence-corrected chi connectivity index (χ0v) is 35.4. The van der Waals surface area contributed by atoms with Gasteiger partial charge in [0.25, 0.3) is 5.91 Å². The Labute approximate surface area is 353 Å². The number of aromatic nitrogens is 5. The van der Waals surface area contributed by atoms with Gasteiger partial charge in [-0.05, 0) is 138 Å². The second-order valence-corrected chi connectivity index (χ2v) is 19.1. The summed E-state index contributed by atoms with van der Waals surface area (Å²) in [7, 11) is 0. The summed E-state index contributed by atoms with van der Waals surface area (Å²) in [6.45, 7) is 8.42. The molecule has 13 heteroatoms. The molecule has 0 radical (unpaired) electrons. The molecule has 3 saturated carbocycles. The summed E-state index contributed by atoms with van der Waals surface area (Å²) in [6.07, 6.45) is 11.2. The molecule has 0 bridgehead atoms. The van der Waals surface area contributed by atoms with Crippen LogP contribution in [0.15, 0.2) is 59.6 Å². The maximum atomic E-state index is 13.1. The molecule has 302 valence electrons. The van der Waals surface area contributed by atoms with Gasteiger partial charge in [0.05, 0.1) is 22.4 Å². The van der Waals surface area contributed by atoms with E-state index in [4.69, 9.17) is 26.6 Å². The van der Waals surface area contributed by atoms with Gasteiger partial charge in [0.1, 0.15) is 28.2 Å². The highest BCUT2D eigenvalue weighted by molar-refractivity contribution is 7.15. The van der Waals surface area contributed by atoms with Crippen molar-refractivity contribution in [2.75, 3.05) is 18.0 Å². The summed E-state index contributed by atoms with van der Waals surface area (Å²) < 4.78 is 8.38. The Morgan fingerprint density at radius 3 is 2.39 bits per heavy atom. The van der Waals surface area contributed by atoms with E-state index in [1.165, 1.54) is 57.8 Å². The number of ether oxygens (including phenoxy) is 1. The number of hydrogen-bond donors (Lipinski definition) is 1. The van der Waals surface area contributed by atoms with Crippen molar-refractivity contribution >= 4 is 40.4 Å². The molecule has 1 saturated heterocycles. The molecule has 1 N–H and O–H groups in total. The van der Waals surface area contributed by atoms with Crippen LogP contribution in [-0.2, 0) is 5.54 Å². The number of carbonyl (C=O) groups is 1. The van der Waals surface area contributed by atoms with Crippen molar-refractivity contribution in [3.05, 3.63) is 110 Å². The molecule has 5 aliphatic rings. The average molecular weight is 826 g/mol. The van der Waals surface area contributed by atoms with Crippen molar-refractivity contribution < 1.29 is 9.53 Å². The lowest BCUT2D eigenvalue weighted by Crippen LogP contribution is -2.40. The summed E-state index contributed by atoms with van der Waals surface area (Å²) in [4.78, 5) is 22.3. The van der Waals surface area contributed by atoms with Crippen LogP contribution in [0.1, 0.15) is 131 Å². The minimum absolute atomic E-state index is 0.0409. The molecule has 3 aromatic heterocycles. The number of halogens is 1. The molecule has 10 rings (SSSR count). The number of thiophene rings is 1. The van der Waals surface area contributed by atoms with Crippen LogP contribution in [0.5, 0.6) is 5.75 Å². The van der Waals surface area contributed by atoms with Crippen molar-refractivity contribution in [2.45, 2.75) is 115 Å². The molecule has 3 aliphatic carbocycles. The second-order valence-electron chi connectivity index (χ2n) is 17.5. The topological polar surface area (TPSA) is 134 Å². The van der Waals surface area contributed by atoms with E-state index < -0.39 is 0 Å². The Balaban J connectivity index is 0.730. The molecule has 0 atom stereocenters. The first-order valence-corrected chi connectivity index (χ1v) is 22.3. The Hall–Kier alpha value is -5.12. The number of aliphatic imine (C=N–C) groups is 1. The summed E-state index contributed by atoms with van der Waals surface area (Å²) in [5, 5.41) is 31.9. The van der Waals surface area contributed by atoms with Gasteiger partial charge in [-0.25, -0.2) is 0 Å². The molecule has 4 fully saturated rings. The normalized spacial score (nSPS) is 24.2. The van der Waals surface area contributed by atoms with Gasteiger partial charge in [0.2, 0.25) is 0 Å². The van der Waals surface area contributed by atoms with Gasteiger partial charge < -0.3 is 15.0 Å². The Kier molecular flexibility index (Phi) is 9.59. The highest BCUT2D eigenvalue weighted by atomic mass is 35.5. The lowest BCUT2D eigenvalue weighted by molar-refractivity contribution is 0.0888. The van der Waals surface area contributed by atoms with E-state index in [1.54, 1.807) is 18.2 Å². The Morgan fingerprint density at radius 2 is 1.69 bits per heavy atom. The number of amides is 1. The summed E-state index contributed by atoms with van der Waals surface area (Å²) >= 11 is 8.00. The molecule has 2 aliphatic heterocycles. The van der Waals surface area contributed by atoms with E-state index in [1.807, 2.05) is 23.5 Å². The molecule has 11 nitrogen and oxygen atoms in total. The van der Waals surface area contributed by atoms with E-state index in [9.17, 15) is 4.79 Å². The van der Waals surface area contributed by atoms with Crippen LogP contribution in [0.4, 0.5) is 5.82 Å². The number of nitrogens with one attached hydrogen (secondary N) is 1. The third kappa shape index (κ3) is 7.00. The van der Waals surface area contributed by atoms with Crippen molar-refractivity contribution in [3.8, 4) is 16.8 Å². The van der Waals surface area contributed by atoms with Gasteiger partial charge in [-0.1, -0.05) is 35.9 Å². The standard InChI is InChI=1S/C46H48ClN9O2S/c1-27-28(2)59-43-40(27)41(50-46(20-21-46)44-54-51-29(3)56(43)44)32-6-4-30(5-7-32)31-16-18-45(19-17-31)22-23-55(26-45)39-15-14-38(52-53-39)42(57)49-34-9-12-35(13-10-34)58-36-11-8-33(25-48)37(47)24-36/h4-8,11,14-15,24,31,34-35H,9-10,12-13,16-23,26H2,1-3H3,(H,49,57). The van der Waals surface area contributed by atoms with Gasteiger partial charge in [0, 0.05) is 41.2 Å². The number of anilines is 1. The molecule has 59 heavy (non-hydrogen) atoms.